The Morgan fingerprint density at radius 1 is 0.839 bits per heavy atom. The van der Waals surface area contributed by atoms with Crippen LogP contribution in [0.15, 0.2) is 78.9 Å². The van der Waals surface area contributed by atoms with Gasteiger partial charge in [-0.2, -0.15) is 0 Å². The topological polar surface area (TPSA) is 113 Å². The van der Waals surface area contributed by atoms with Gasteiger partial charge in [0, 0.05) is 17.4 Å². The Labute approximate surface area is 183 Å². The van der Waals surface area contributed by atoms with Gasteiger partial charge in [-0.25, -0.2) is 0 Å². The van der Waals surface area contributed by atoms with Gasteiger partial charge in [0.05, 0.1) is 11.3 Å². The van der Waals surface area contributed by atoms with Crippen LogP contribution in [0.2, 0.25) is 0 Å². The first-order valence-electron chi connectivity index (χ1n) is 9.22. The van der Waals surface area contributed by atoms with Gasteiger partial charge in [-0.3, -0.25) is 25.0 Å². The molecule has 31 heavy (non-hydrogen) atoms. The molecule has 8 nitrogen and oxygen atoms in total. The molecular formula is C22H18N4O4S. The molecule has 0 radical (unpaired) electrons. The van der Waals surface area contributed by atoms with Gasteiger partial charge in [0.2, 0.25) is 5.91 Å². The summed E-state index contributed by atoms with van der Waals surface area (Å²) in [6.07, 6.45) is 0.266. The first-order chi connectivity index (χ1) is 14.9. The van der Waals surface area contributed by atoms with E-state index in [-0.39, 0.29) is 28.7 Å². The Hall–Kier alpha value is -4.11. The lowest BCUT2D eigenvalue weighted by Gasteiger charge is -2.11. The average Bonchev–Trinajstić information content (AvgIpc) is 2.75. The SMILES string of the molecule is O=C(Cc1ccccc1)Nc1ccc(NC(=S)NC(=O)c2ccccc2[N+](=O)[O-])cc1. The second kappa shape index (κ2) is 10.1. The summed E-state index contributed by atoms with van der Waals surface area (Å²) < 4.78 is 0. The van der Waals surface area contributed by atoms with E-state index in [0.717, 1.165) is 5.56 Å². The minimum atomic E-state index is -0.686. The third kappa shape index (κ3) is 6.18. The van der Waals surface area contributed by atoms with Crippen molar-refractivity contribution in [2.75, 3.05) is 10.6 Å². The molecule has 0 aliphatic heterocycles. The molecule has 0 spiro atoms. The first kappa shape index (κ1) is 21.6. The number of hydrogen-bond donors (Lipinski definition) is 3. The van der Waals surface area contributed by atoms with Crippen LogP contribution in [0.5, 0.6) is 0 Å². The molecule has 0 aliphatic carbocycles. The highest BCUT2D eigenvalue weighted by Crippen LogP contribution is 2.18. The summed E-state index contributed by atoms with van der Waals surface area (Å²) in [6.45, 7) is 0. The van der Waals surface area contributed by atoms with Gasteiger partial charge in [-0.05, 0) is 48.1 Å². The molecule has 0 saturated heterocycles. The summed E-state index contributed by atoms with van der Waals surface area (Å²) in [5.41, 5.74) is 1.71. The van der Waals surface area contributed by atoms with Crippen molar-refractivity contribution in [3.63, 3.8) is 0 Å². The van der Waals surface area contributed by atoms with Gasteiger partial charge in [0.25, 0.3) is 11.6 Å². The number of para-hydroxylation sites is 1. The third-order valence-electron chi connectivity index (χ3n) is 4.21. The number of anilines is 2. The predicted octanol–water partition coefficient (Wildman–Crippen LogP) is 3.90. The van der Waals surface area contributed by atoms with Crippen LogP contribution >= 0.6 is 12.2 Å². The Morgan fingerprint density at radius 2 is 1.42 bits per heavy atom. The first-order valence-corrected chi connectivity index (χ1v) is 9.63. The van der Waals surface area contributed by atoms with E-state index in [1.54, 1.807) is 24.3 Å². The van der Waals surface area contributed by atoms with Crippen LogP contribution in [0.25, 0.3) is 0 Å². The Bertz CT molecular complexity index is 1120. The smallest absolute Gasteiger partial charge is 0.282 e. The summed E-state index contributed by atoms with van der Waals surface area (Å²) in [5.74, 6) is -0.825. The van der Waals surface area contributed by atoms with Crippen molar-refractivity contribution >= 4 is 46.2 Å². The summed E-state index contributed by atoms with van der Waals surface area (Å²) >= 11 is 5.11. The lowest BCUT2D eigenvalue weighted by molar-refractivity contribution is -0.385. The van der Waals surface area contributed by atoms with Crippen molar-refractivity contribution in [3.8, 4) is 0 Å². The van der Waals surface area contributed by atoms with E-state index in [1.807, 2.05) is 30.3 Å². The molecule has 0 atom stereocenters. The Balaban J connectivity index is 1.55. The standard InChI is InChI=1S/C22H18N4O4S/c27-20(14-15-6-2-1-3-7-15)23-16-10-12-17(13-11-16)24-22(31)25-21(28)18-8-4-5-9-19(18)26(29)30/h1-13H,14H2,(H,23,27)(H2,24,25,28,31). The monoisotopic (exact) mass is 434 g/mol. The highest BCUT2D eigenvalue weighted by molar-refractivity contribution is 7.80. The minimum absolute atomic E-state index is 0.0102. The molecule has 3 aromatic carbocycles. The van der Waals surface area contributed by atoms with Gasteiger partial charge in [0.15, 0.2) is 5.11 Å². The van der Waals surface area contributed by atoms with Crippen LogP contribution in [0.3, 0.4) is 0 Å². The second-order valence-electron chi connectivity index (χ2n) is 6.47. The fourth-order valence-corrected chi connectivity index (χ4v) is 2.99. The maximum Gasteiger partial charge on any atom is 0.282 e. The van der Waals surface area contributed by atoms with E-state index in [9.17, 15) is 19.7 Å². The number of rotatable bonds is 6. The molecule has 2 amide bonds. The van der Waals surface area contributed by atoms with Gasteiger partial charge in [-0.1, -0.05) is 42.5 Å². The van der Waals surface area contributed by atoms with E-state index >= 15 is 0 Å². The molecule has 3 rings (SSSR count). The number of carbonyl (C=O) groups excluding carboxylic acids is 2. The molecule has 156 valence electrons. The largest absolute Gasteiger partial charge is 0.332 e. The minimum Gasteiger partial charge on any atom is -0.332 e. The van der Waals surface area contributed by atoms with E-state index in [0.29, 0.717) is 11.4 Å². The van der Waals surface area contributed by atoms with E-state index in [1.165, 1.54) is 24.3 Å². The third-order valence-corrected chi connectivity index (χ3v) is 4.41. The van der Waals surface area contributed by atoms with Crippen LogP contribution in [-0.4, -0.2) is 21.9 Å². The molecule has 0 aliphatic rings. The second-order valence-corrected chi connectivity index (χ2v) is 6.88. The van der Waals surface area contributed by atoms with Crippen molar-refractivity contribution in [2.45, 2.75) is 6.42 Å². The number of amides is 2. The van der Waals surface area contributed by atoms with E-state index in [2.05, 4.69) is 16.0 Å². The molecule has 0 heterocycles. The molecule has 0 unspecified atom stereocenters. The molecule has 3 aromatic rings. The van der Waals surface area contributed by atoms with Crippen LogP contribution in [-0.2, 0) is 11.2 Å². The number of nitro benzene ring substituents is 1. The molecule has 0 aromatic heterocycles. The lowest BCUT2D eigenvalue weighted by atomic mass is 10.1. The summed E-state index contributed by atoms with van der Waals surface area (Å²) in [4.78, 5) is 34.9. The van der Waals surface area contributed by atoms with Crippen LogP contribution in [0.4, 0.5) is 17.1 Å². The normalized spacial score (nSPS) is 10.1. The Morgan fingerprint density at radius 3 is 2.06 bits per heavy atom. The van der Waals surface area contributed by atoms with Gasteiger partial charge in [0.1, 0.15) is 5.56 Å². The maximum atomic E-state index is 12.3. The van der Waals surface area contributed by atoms with Crippen molar-refractivity contribution in [3.05, 3.63) is 100 Å². The summed E-state index contributed by atoms with van der Waals surface area (Å²) in [7, 11) is 0. The van der Waals surface area contributed by atoms with Crippen LogP contribution in [0.1, 0.15) is 15.9 Å². The molecular weight excluding hydrogens is 416 g/mol. The van der Waals surface area contributed by atoms with Crippen molar-refractivity contribution in [1.82, 2.24) is 5.32 Å². The summed E-state index contributed by atoms with van der Waals surface area (Å²) in [6, 6.07) is 21.8. The zero-order valence-corrected chi connectivity index (χ0v) is 17.0. The highest BCUT2D eigenvalue weighted by Gasteiger charge is 2.19. The zero-order chi connectivity index (χ0) is 22.2. The van der Waals surface area contributed by atoms with Crippen LogP contribution in [0, 0.1) is 10.1 Å². The molecule has 0 bridgehead atoms. The van der Waals surface area contributed by atoms with Crippen LogP contribution < -0.4 is 16.0 Å². The average molecular weight is 434 g/mol. The molecule has 3 N–H and O–H groups in total. The van der Waals surface area contributed by atoms with E-state index < -0.39 is 10.8 Å². The predicted molar refractivity (Wildman–Crippen MR) is 122 cm³/mol. The number of hydrogen-bond acceptors (Lipinski definition) is 5. The fraction of sp³-hybridized carbons (Fsp3) is 0.0455. The quantitative estimate of drug-likeness (QED) is 0.308. The zero-order valence-electron chi connectivity index (χ0n) is 16.2. The fourth-order valence-electron chi connectivity index (χ4n) is 2.78. The molecule has 9 heteroatoms. The number of nitrogens with zero attached hydrogens (tertiary/aromatic N) is 1. The Kier molecular flexibility index (Phi) is 7.02. The number of thiocarbonyl (C=S) groups is 1. The maximum absolute atomic E-state index is 12.3. The van der Waals surface area contributed by atoms with Gasteiger partial charge in [-0.15, -0.1) is 0 Å². The van der Waals surface area contributed by atoms with Crippen molar-refractivity contribution < 1.29 is 14.5 Å². The highest BCUT2D eigenvalue weighted by atomic mass is 32.1. The number of benzene rings is 3. The van der Waals surface area contributed by atoms with Gasteiger partial charge < -0.3 is 10.6 Å². The summed E-state index contributed by atoms with van der Waals surface area (Å²) in [5, 5.41) is 19.1. The van der Waals surface area contributed by atoms with Gasteiger partial charge >= 0.3 is 0 Å². The van der Waals surface area contributed by atoms with E-state index in [4.69, 9.17) is 12.2 Å². The molecule has 0 fully saturated rings. The number of nitrogens with one attached hydrogen (secondary N) is 3. The number of carbonyl (C=O) groups is 2. The van der Waals surface area contributed by atoms with Crippen molar-refractivity contribution in [2.24, 2.45) is 0 Å². The molecule has 0 saturated carbocycles. The number of nitro groups is 1. The van der Waals surface area contributed by atoms with Crippen molar-refractivity contribution in [1.29, 1.82) is 0 Å². The lowest BCUT2D eigenvalue weighted by Crippen LogP contribution is -2.34.